The Morgan fingerprint density at radius 1 is 1.22 bits per heavy atom. The van der Waals surface area contributed by atoms with Gasteiger partial charge >= 0.3 is 6.61 Å². The molecule has 0 unspecified atom stereocenters. The predicted molar refractivity (Wildman–Crippen MR) is 133 cm³/mol. The van der Waals surface area contributed by atoms with Gasteiger partial charge in [0.15, 0.2) is 11.8 Å². The number of hydrogen-bond donors (Lipinski definition) is 2. The van der Waals surface area contributed by atoms with Crippen molar-refractivity contribution in [3.63, 3.8) is 0 Å². The van der Waals surface area contributed by atoms with Crippen LogP contribution in [0, 0.1) is 13.8 Å². The lowest BCUT2D eigenvalue weighted by Crippen LogP contribution is -2.38. The first-order chi connectivity index (χ1) is 14.9. The van der Waals surface area contributed by atoms with Gasteiger partial charge in [0.1, 0.15) is 11.6 Å². The molecule has 0 aliphatic rings. The van der Waals surface area contributed by atoms with E-state index >= 15 is 0 Å². The lowest BCUT2D eigenvalue weighted by Gasteiger charge is -2.14. The molecule has 0 radical (unpaired) electrons. The summed E-state index contributed by atoms with van der Waals surface area (Å²) in [5.41, 5.74) is 1.54. The van der Waals surface area contributed by atoms with Crippen LogP contribution in [0.2, 0.25) is 0 Å². The Hall–Kier alpha value is -2.28. The van der Waals surface area contributed by atoms with Crippen LogP contribution in [0.4, 0.5) is 8.78 Å². The fraction of sp³-hybridized carbons (Fsp3) is 0.381. The monoisotopic (exact) mass is 576 g/mol. The maximum atomic E-state index is 12.8. The van der Waals surface area contributed by atoms with Gasteiger partial charge in [-0.3, -0.25) is 0 Å². The number of nitrogens with one attached hydrogen (secondary N) is 2. The molecule has 32 heavy (non-hydrogen) atoms. The first-order valence-electron chi connectivity index (χ1n) is 9.86. The highest BCUT2D eigenvalue weighted by Crippen LogP contribution is 2.23. The van der Waals surface area contributed by atoms with Gasteiger partial charge in [0.25, 0.3) is 0 Å². The zero-order valence-corrected chi connectivity index (χ0v) is 21.3. The van der Waals surface area contributed by atoms with Gasteiger partial charge in [-0.2, -0.15) is 8.78 Å². The van der Waals surface area contributed by atoms with Crippen LogP contribution in [-0.2, 0) is 26.6 Å². The van der Waals surface area contributed by atoms with Gasteiger partial charge in [-0.1, -0.05) is 23.8 Å². The van der Waals surface area contributed by atoms with Crippen molar-refractivity contribution in [2.24, 2.45) is 12.0 Å². The second-order valence-corrected chi connectivity index (χ2v) is 8.02. The summed E-state index contributed by atoms with van der Waals surface area (Å²) in [6.45, 7) is 2.19. The fourth-order valence-corrected chi connectivity index (χ4v) is 3.62. The maximum Gasteiger partial charge on any atom is 0.387 e. The van der Waals surface area contributed by atoms with Crippen LogP contribution < -0.4 is 15.4 Å². The van der Waals surface area contributed by atoms with Crippen molar-refractivity contribution in [3.05, 3.63) is 63.4 Å². The van der Waals surface area contributed by atoms with Crippen molar-refractivity contribution in [1.29, 1.82) is 0 Å². The van der Waals surface area contributed by atoms with Crippen molar-refractivity contribution in [1.82, 2.24) is 25.4 Å². The molecule has 0 spiro atoms. The van der Waals surface area contributed by atoms with Crippen molar-refractivity contribution < 1.29 is 13.5 Å². The number of ether oxygens (including phenoxy) is 1. The number of rotatable bonds is 9. The number of alkyl halides is 2. The van der Waals surface area contributed by atoms with Crippen LogP contribution in [0.15, 0.2) is 40.7 Å². The highest BCUT2D eigenvalue weighted by molar-refractivity contribution is 14.0. The number of thiophene rings is 1. The first kappa shape index (κ1) is 26.0. The molecule has 0 aliphatic heterocycles. The molecular weight excluding hydrogens is 549 g/mol. The summed E-state index contributed by atoms with van der Waals surface area (Å²) >= 11 is 1.70. The third-order valence-corrected chi connectivity index (χ3v) is 5.62. The normalized spacial score (nSPS) is 11.4. The molecule has 7 nitrogen and oxygen atoms in total. The molecule has 174 valence electrons. The second-order valence-electron chi connectivity index (χ2n) is 6.99. The smallest absolute Gasteiger partial charge is 0.387 e. The average molecular weight is 576 g/mol. The summed E-state index contributed by atoms with van der Waals surface area (Å²) in [7, 11) is 1.90. The third-order valence-electron chi connectivity index (χ3n) is 4.68. The largest absolute Gasteiger partial charge is 0.434 e. The van der Waals surface area contributed by atoms with Crippen molar-refractivity contribution in [2.45, 2.75) is 40.0 Å². The summed E-state index contributed by atoms with van der Waals surface area (Å²) in [5, 5.41) is 16.8. The van der Waals surface area contributed by atoms with Crippen LogP contribution >= 0.6 is 35.3 Å². The van der Waals surface area contributed by atoms with E-state index in [-0.39, 0.29) is 36.3 Å². The molecule has 0 amide bonds. The Balaban J connectivity index is 0.00000363. The van der Waals surface area contributed by atoms with Crippen LogP contribution in [0.25, 0.3) is 0 Å². The number of aromatic nitrogens is 3. The predicted octanol–water partition coefficient (Wildman–Crippen LogP) is 4.19. The molecule has 2 heterocycles. The third kappa shape index (κ3) is 7.69. The standard InChI is InChI=1S/C21H26F2N6OS.HI/c1-14-6-7-18(30-20(22)23)16(11-14)12-25-21(24-9-8-17-5-4-10-31-17)26-13-19-28-27-15(2)29(19)3;/h4-7,10-11,20H,8-9,12-13H2,1-3H3,(H2,24,25,26);1H. The van der Waals surface area contributed by atoms with E-state index in [0.717, 1.165) is 23.6 Å². The minimum absolute atomic E-state index is 0. The SMILES string of the molecule is Cc1ccc(OC(F)F)c(CN=C(NCCc2cccs2)NCc2nnc(C)n2C)c1.I. The zero-order chi connectivity index (χ0) is 22.2. The number of aliphatic imine (C=N–C) groups is 1. The minimum Gasteiger partial charge on any atom is -0.434 e. The van der Waals surface area contributed by atoms with E-state index in [1.54, 1.807) is 29.5 Å². The van der Waals surface area contributed by atoms with Crippen LogP contribution in [0.3, 0.4) is 0 Å². The molecule has 2 aromatic heterocycles. The van der Waals surface area contributed by atoms with Gasteiger partial charge < -0.3 is 19.9 Å². The maximum absolute atomic E-state index is 12.8. The molecule has 0 saturated carbocycles. The first-order valence-corrected chi connectivity index (χ1v) is 10.7. The summed E-state index contributed by atoms with van der Waals surface area (Å²) < 4.78 is 32.0. The van der Waals surface area contributed by atoms with Crippen molar-refractivity contribution >= 4 is 41.3 Å². The summed E-state index contributed by atoms with van der Waals surface area (Å²) in [5.74, 6) is 2.27. The number of halogens is 3. The van der Waals surface area contributed by atoms with Gasteiger partial charge in [-0.15, -0.1) is 45.5 Å². The number of hydrogen-bond acceptors (Lipinski definition) is 5. The van der Waals surface area contributed by atoms with E-state index < -0.39 is 6.61 Å². The zero-order valence-electron chi connectivity index (χ0n) is 18.1. The van der Waals surface area contributed by atoms with Gasteiger partial charge in [0.05, 0.1) is 13.1 Å². The number of guanidine groups is 1. The molecule has 11 heteroatoms. The van der Waals surface area contributed by atoms with Gasteiger partial charge in [0, 0.05) is 24.0 Å². The minimum atomic E-state index is -2.88. The highest BCUT2D eigenvalue weighted by atomic mass is 127. The van der Waals surface area contributed by atoms with Crippen LogP contribution in [0.5, 0.6) is 5.75 Å². The van der Waals surface area contributed by atoms with Crippen LogP contribution in [0.1, 0.15) is 27.7 Å². The molecule has 0 saturated heterocycles. The summed E-state index contributed by atoms with van der Waals surface area (Å²) in [6, 6.07) is 9.19. The lowest BCUT2D eigenvalue weighted by atomic mass is 10.1. The second kappa shape index (κ2) is 12.7. The van der Waals surface area contributed by atoms with E-state index in [2.05, 4.69) is 36.6 Å². The Morgan fingerprint density at radius 3 is 2.69 bits per heavy atom. The average Bonchev–Trinajstić information content (AvgIpc) is 3.36. The van der Waals surface area contributed by atoms with Gasteiger partial charge in [-0.05, 0) is 37.8 Å². The molecule has 0 aliphatic carbocycles. The van der Waals surface area contributed by atoms with E-state index in [1.807, 2.05) is 36.9 Å². The molecule has 0 fully saturated rings. The molecule has 3 rings (SSSR count). The topological polar surface area (TPSA) is 76.4 Å². The quantitative estimate of drug-likeness (QED) is 0.227. The lowest BCUT2D eigenvalue weighted by molar-refractivity contribution is -0.0504. The number of aryl methyl sites for hydroxylation is 2. The molecule has 1 aromatic carbocycles. The van der Waals surface area contributed by atoms with E-state index in [9.17, 15) is 8.78 Å². The molecular formula is C21H27F2IN6OS. The molecule has 0 bridgehead atoms. The Bertz CT molecular complexity index is 1010. The van der Waals surface area contributed by atoms with E-state index in [1.165, 1.54) is 4.88 Å². The Morgan fingerprint density at radius 2 is 2.03 bits per heavy atom. The van der Waals surface area contributed by atoms with Gasteiger partial charge in [0.2, 0.25) is 0 Å². The molecule has 2 N–H and O–H groups in total. The van der Waals surface area contributed by atoms with Gasteiger partial charge in [-0.25, -0.2) is 4.99 Å². The fourth-order valence-electron chi connectivity index (χ4n) is 2.91. The number of nitrogens with zero attached hydrogens (tertiary/aromatic N) is 4. The van der Waals surface area contributed by atoms with Crippen molar-refractivity contribution in [3.8, 4) is 5.75 Å². The highest BCUT2D eigenvalue weighted by Gasteiger charge is 2.11. The molecule has 0 atom stereocenters. The number of benzene rings is 1. The Labute approximate surface area is 207 Å². The Kier molecular flexibility index (Phi) is 10.3. The van der Waals surface area contributed by atoms with E-state index in [4.69, 9.17) is 0 Å². The van der Waals surface area contributed by atoms with Crippen molar-refractivity contribution in [2.75, 3.05) is 6.54 Å². The van der Waals surface area contributed by atoms with E-state index in [0.29, 0.717) is 24.6 Å². The molecule has 3 aromatic rings. The summed E-state index contributed by atoms with van der Waals surface area (Å²) in [4.78, 5) is 5.85. The van der Waals surface area contributed by atoms with Crippen LogP contribution in [-0.4, -0.2) is 33.9 Å². The summed E-state index contributed by atoms with van der Waals surface area (Å²) in [6.07, 6.45) is 0.853.